The molecule has 11 heteroatoms. The number of aryl methyl sites for hydroxylation is 1. The molecule has 0 saturated heterocycles. The first kappa shape index (κ1) is 22.3. The van der Waals surface area contributed by atoms with Gasteiger partial charge in [0.2, 0.25) is 5.95 Å². The number of terminal acetylenes is 1. The van der Waals surface area contributed by atoms with Crippen molar-refractivity contribution in [1.82, 2.24) is 24.1 Å². The van der Waals surface area contributed by atoms with Crippen LogP contribution in [0.3, 0.4) is 0 Å². The lowest BCUT2D eigenvalue weighted by atomic mass is 10.2. The van der Waals surface area contributed by atoms with Crippen LogP contribution >= 0.6 is 11.9 Å². The summed E-state index contributed by atoms with van der Waals surface area (Å²) < 4.78 is 5.48. The highest BCUT2D eigenvalue weighted by molar-refractivity contribution is 7.97. The highest BCUT2D eigenvalue weighted by Crippen LogP contribution is 2.37. The normalized spacial score (nSPS) is 16.0. The number of anilines is 1. The van der Waals surface area contributed by atoms with Crippen LogP contribution in [-0.2, 0) is 13.0 Å². The van der Waals surface area contributed by atoms with Crippen LogP contribution in [0, 0.1) is 12.3 Å². The van der Waals surface area contributed by atoms with Crippen molar-refractivity contribution in [1.29, 1.82) is 0 Å². The number of fused-ring (bicyclic) bond motifs is 1. The predicted molar refractivity (Wildman–Crippen MR) is 121 cm³/mol. The van der Waals surface area contributed by atoms with Crippen molar-refractivity contribution < 1.29 is 15.3 Å². The average Bonchev–Trinajstić information content (AvgIpc) is 3.33. The van der Waals surface area contributed by atoms with Crippen LogP contribution in [0.4, 0.5) is 5.95 Å². The number of aromatic nitrogens is 4. The molecule has 0 radical (unpaired) electrons. The van der Waals surface area contributed by atoms with Crippen molar-refractivity contribution in [2.75, 3.05) is 11.9 Å². The fourth-order valence-corrected chi connectivity index (χ4v) is 3.96. The monoisotopic (exact) mass is 456 g/mol. The summed E-state index contributed by atoms with van der Waals surface area (Å²) in [6.45, 7) is 1.98. The number of hydrogen-bond donors (Lipinski definition) is 5. The molecule has 1 aliphatic carbocycles. The maximum absolute atomic E-state index is 13.5. The molecule has 2 heterocycles. The number of aliphatic hydroxyl groups excluding tert-OH is 1. The Balaban J connectivity index is 1.81. The molecule has 4 rings (SSSR count). The Bertz CT molecular complexity index is 1260. The van der Waals surface area contributed by atoms with E-state index in [4.69, 9.17) is 6.42 Å². The van der Waals surface area contributed by atoms with Crippen molar-refractivity contribution in [2.24, 2.45) is 7.05 Å². The van der Waals surface area contributed by atoms with Crippen molar-refractivity contribution in [3.05, 3.63) is 46.5 Å². The summed E-state index contributed by atoms with van der Waals surface area (Å²) in [6.07, 6.45) is 8.84. The lowest BCUT2D eigenvalue weighted by molar-refractivity contribution is -0.193. The molecule has 0 spiro atoms. The van der Waals surface area contributed by atoms with Gasteiger partial charge in [-0.05, 0) is 49.9 Å². The molecule has 3 aromatic rings. The lowest BCUT2D eigenvalue weighted by Gasteiger charge is -2.26. The van der Waals surface area contributed by atoms with E-state index in [1.165, 1.54) is 29.0 Å². The van der Waals surface area contributed by atoms with E-state index in [9.17, 15) is 20.1 Å². The molecule has 1 atom stereocenters. The van der Waals surface area contributed by atoms with Gasteiger partial charge in [-0.2, -0.15) is 5.10 Å². The molecule has 0 bridgehead atoms. The second-order valence-corrected chi connectivity index (χ2v) is 9.00. The number of rotatable bonds is 8. The van der Waals surface area contributed by atoms with Gasteiger partial charge in [-0.25, -0.2) is 9.55 Å². The van der Waals surface area contributed by atoms with Crippen LogP contribution in [0.15, 0.2) is 40.3 Å². The van der Waals surface area contributed by atoms with E-state index in [1.54, 1.807) is 19.2 Å². The highest BCUT2D eigenvalue weighted by Gasteiger charge is 2.37. The first-order valence-electron chi connectivity index (χ1n) is 9.96. The van der Waals surface area contributed by atoms with Gasteiger partial charge in [0, 0.05) is 23.7 Å². The van der Waals surface area contributed by atoms with Gasteiger partial charge in [0.15, 0.2) is 0 Å². The summed E-state index contributed by atoms with van der Waals surface area (Å²) in [6, 6.07) is 5.17. The minimum atomic E-state index is -2.75. The van der Waals surface area contributed by atoms with Crippen molar-refractivity contribution in [2.45, 2.75) is 42.2 Å². The fraction of sp³-hybridized carbons (Fsp3) is 0.381. The average molecular weight is 457 g/mol. The Morgan fingerprint density at radius 2 is 2.16 bits per heavy atom. The van der Waals surface area contributed by atoms with Gasteiger partial charge in [0.05, 0.1) is 29.2 Å². The Morgan fingerprint density at radius 3 is 2.78 bits per heavy atom. The van der Waals surface area contributed by atoms with E-state index in [2.05, 4.69) is 33.0 Å². The molecule has 1 fully saturated rings. The molecule has 0 aliphatic heterocycles. The molecule has 1 unspecified atom stereocenters. The topological polar surface area (TPSA) is 137 Å². The second kappa shape index (κ2) is 8.23. The van der Waals surface area contributed by atoms with Crippen molar-refractivity contribution in [3.8, 4) is 12.3 Å². The van der Waals surface area contributed by atoms with Gasteiger partial charge >= 0.3 is 0 Å². The maximum Gasteiger partial charge on any atom is 0.287 e. The van der Waals surface area contributed by atoms with E-state index in [0.717, 1.165) is 22.3 Å². The Hall–Kier alpha value is -2.88. The summed E-state index contributed by atoms with van der Waals surface area (Å²) in [5.41, 5.74) is -0.262. The van der Waals surface area contributed by atoms with Crippen LogP contribution in [0.25, 0.3) is 10.9 Å². The van der Waals surface area contributed by atoms with E-state index >= 15 is 0 Å². The summed E-state index contributed by atoms with van der Waals surface area (Å²) in [5.74, 6) is -0.760. The molecular weight excluding hydrogens is 432 g/mol. The number of nitrogens with zero attached hydrogens (tertiary/aromatic N) is 4. The smallest absolute Gasteiger partial charge is 0.287 e. The lowest BCUT2D eigenvalue weighted by Crippen LogP contribution is -2.44. The van der Waals surface area contributed by atoms with E-state index in [1.807, 2.05) is 6.07 Å². The number of aliphatic hydroxyl groups is 3. The van der Waals surface area contributed by atoms with E-state index in [0.29, 0.717) is 5.52 Å². The first-order chi connectivity index (χ1) is 15.1. The van der Waals surface area contributed by atoms with E-state index in [-0.39, 0.29) is 29.0 Å². The molecule has 2 aromatic heterocycles. The first-order valence-corrected chi connectivity index (χ1v) is 10.8. The zero-order chi connectivity index (χ0) is 23.1. The van der Waals surface area contributed by atoms with E-state index < -0.39 is 17.6 Å². The quantitative estimate of drug-likeness (QED) is 0.184. The number of nitrogens with one attached hydrogen (secondary N) is 2. The van der Waals surface area contributed by atoms with Gasteiger partial charge in [-0.3, -0.25) is 14.2 Å². The van der Waals surface area contributed by atoms with Crippen LogP contribution in [0.5, 0.6) is 0 Å². The third-order valence-corrected chi connectivity index (χ3v) is 6.39. The molecule has 10 nitrogen and oxygen atoms in total. The largest absolute Gasteiger partial charge is 0.379 e. The zero-order valence-corrected chi connectivity index (χ0v) is 18.4. The van der Waals surface area contributed by atoms with Crippen LogP contribution < -0.4 is 15.6 Å². The third kappa shape index (κ3) is 4.36. The molecule has 5 N–H and O–H groups in total. The van der Waals surface area contributed by atoms with Crippen LogP contribution in [-0.4, -0.2) is 52.8 Å². The number of benzene rings is 1. The second-order valence-electron chi connectivity index (χ2n) is 8.12. The molecule has 1 aliphatic rings. The van der Waals surface area contributed by atoms with Crippen LogP contribution in [0.2, 0.25) is 0 Å². The predicted octanol–water partition coefficient (Wildman–Crippen LogP) is 0.328. The third-order valence-electron chi connectivity index (χ3n) is 5.30. The minimum absolute atomic E-state index is 0.0300. The summed E-state index contributed by atoms with van der Waals surface area (Å²) in [7, 11) is 1.61. The molecule has 0 amide bonds. The molecular formula is C21H24N6O4S. The van der Waals surface area contributed by atoms with Crippen molar-refractivity contribution >= 4 is 28.8 Å². The highest BCUT2D eigenvalue weighted by atomic mass is 32.2. The Kier molecular flexibility index (Phi) is 5.74. The standard InChI is InChI=1S/C21H24N6O4S/c1-4-14(28)11-22-19-24-17-6-5-15(32-25-20(2)7-8-20)9-16(17)18(29)27(19)21(30,31)13-10-23-26(3)12-13/h1,5-6,9-10,12,14,25,28,30-31H,7-8,11H2,2-3H3,(H,22,24). The van der Waals surface area contributed by atoms with Gasteiger partial charge in [0.25, 0.3) is 11.5 Å². The minimum Gasteiger partial charge on any atom is -0.379 e. The summed E-state index contributed by atoms with van der Waals surface area (Å²) in [5, 5.41) is 38.5. The maximum atomic E-state index is 13.5. The molecule has 32 heavy (non-hydrogen) atoms. The molecule has 1 saturated carbocycles. The van der Waals surface area contributed by atoms with Crippen LogP contribution in [0.1, 0.15) is 25.3 Å². The SMILES string of the molecule is C#CC(O)CNc1nc2ccc(SNC3(C)CC3)cc2c(=O)n1C(O)(O)c1cnn(C)c1. The fourth-order valence-electron chi connectivity index (χ4n) is 3.08. The Labute approximate surface area is 188 Å². The Morgan fingerprint density at radius 1 is 1.41 bits per heavy atom. The van der Waals surface area contributed by atoms with Gasteiger partial charge in [-0.15, -0.1) is 6.42 Å². The van der Waals surface area contributed by atoms with Crippen molar-refractivity contribution in [3.63, 3.8) is 0 Å². The van der Waals surface area contributed by atoms with Gasteiger partial charge < -0.3 is 20.6 Å². The molecule has 1 aromatic carbocycles. The van der Waals surface area contributed by atoms with Gasteiger partial charge in [-0.1, -0.05) is 5.92 Å². The summed E-state index contributed by atoms with van der Waals surface area (Å²) >= 11 is 1.41. The van der Waals surface area contributed by atoms with Gasteiger partial charge in [0.1, 0.15) is 6.10 Å². The summed E-state index contributed by atoms with van der Waals surface area (Å²) in [4.78, 5) is 18.7. The molecule has 168 valence electrons. The number of hydrogen-bond acceptors (Lipinski definition) is 9. The zero-order valence-electron chi connectivity index (χ0n) is 17.6.